The molecule has 0 aliphatic carbocycles. The van der Waals surface area contributed by atoms with E-state index in [1.54, 1.807) is 6.07 Å². The normalized spacial score (nSPS) is 21.1. The zero-order valence-corrected chi connectivity index (χ0v) is 22.3. The number of anilines is 1. The van der Waals surface area contributed by atoms with Crippen molar-refractivity contribution in [3.8, 4) is 18.1 Å². The number of hydrogen-bond donors (Lipinski definition) is 2. The number of aromatic nitrogens is 4. The van der Waals surface area contributed by atoms with Gasteiger partial charge in [0.2, 0.25) is 0 Å². The maximum Gasteiger partial charge on any atom is 0.312 e. The van der Waals surface area contributed by atoms with E-state index < -0.39 is 48.0 Å². The third-order valence-electron chi connectivity index (χ3n) is 6.73. The molecule has 206 valence electrons. The van der Waals surface area contributed by atoms with Crippen LogP contribution in [-0.4, -0.2) is 54.9 Å². The molecule has 39 heavy (non-hydrogen) atoms. The van der Waals surface area contributed by atoms with Gasteiger partial charge in [-0.1, -0.05) is 25.8 Å². The van der Waals surface area contributed by atoms with Crippen LogP contribution in [0.4, 0.5) is 10.2 Å². The molecule has 0 radical (unpaired) electrons. The molecule has 12 heteroatoms. The Morgan fingerprint density at radius 1 is 1.36 bits per heavy atom. The average molecular weight is 540 g/mol. The molecule has 1 aliphatic heterocycles. The van der Waals surface area contributed by atoms with Gasteiger partial charge in [0, 0.05) is 24.3 Å². The molecule has 3 N–H and O–H groups in total. The van der Waals surface area contributed by atoms with Gasteiger partial charge < -0.3 is 25.1 Å². The van der Waals surface area contributed by atoms with Crippen LogP contribution >= 0.6 is 0 Å². The number of nitrogen functional groups attached to an aromatic ring is 1. The number of nitrogens with zero attached hydrogens (tertiary/aromatic N) is 4. The fourth-order valence-electron chi connectivity index (χ4n) is 5.17. The Bertz CT molecular complexity index is 1500. The summed E-state index contributed by atoms with van der Waals surface area (Å²) >= 11 is 0. The van der Waals surface area contributed by atoms with Crippen molar-refractivity contribution in [3.05, 3.63) is 41.2 Å². The Morgan fingerprint density at radius 3 is 2.72 bits per heavy atom. The summed E-state index contributed by atoms with van der Waals surface area (Å²) in [4.78, 5) is 36.4. The molecule has 0 spiro atoms. The number of nitrogens with two attached hydrogens (primary N) is 1. The third kappa shape index (κ3) is 5.28. The Balaban J connectivity index is 1.60. The topological polar surface area (TPSA) is 152 Å². The first-order valence-corrected chi connectivity index (χ1v) is 12.2. The number of aliphatic hydroxyl groups excluding tert-OH is 1. The summed E-state index contributed by atoms with van der Waals surface area (Å²) in [6.07, 6.45) is 4.01. The monoisotopic (exact) mass is 539 g/mol. The first kappa shape index (κ1) is 27.9. The summed E-state index contributed by atoms with van der Waals surface area (Å²) < 4.78 is 32.5. The number of aliphatic hydroxyl groups is 1. The minimum Gasteiger partial charge on any atom is -0.458 e. The molecule has 1 saturated heterocycles. The molecule has 2 aromatic heterocycles. The molecule has 0 bridgehead atoms. The number of carbonyl (C=O) groups is 2. The number of benzene rings is 1. The molecule has 3 atom stereocenters. The zero-order valence-electron chi connectivity index (χ0n) is 22.3. The lowest BCUT2D eigenvalue weighted by Gasteiger charge is -2.31. The molecule has 4 rings (SSSR count). The van der Waals surface area contributed by atoms with E-state index in [4.69, 9.17) is 26.4 Å². The lowest BCUT2D eigenvalue weighted by Crippen LogP contribution is -2.44. The van der Waals surface area contributed by atoms with Crippen LogP contribution in [0.25, 0.3) is 11.2 Å². The number of ether oxygens (including phenoxy) is 3. The Kier molecular flexibility index (Phi) is 7.34. The summed E-state index contributed by atoms with van der Waals surface area (Å²) in [6.45, 7) is 8.10. The second-order valence-corrected chi connectivity index (χ2v) is 10.3. The van der Waals surface area contributed by atoms with Crippen molar-refractivity contribution in [2.45, 2.75) is 70.8 Å². The smallest absolute Gasteiger partial charge is 0.312 e. The van der Waals surface area contributed by atoms with E-state index in [0.717, 1.165) is 11.1 Å². The van der Waals surface area contributed by atoms with Gasteiger partial charge >= 0.3 is 18.0 Å². The molecular weight excluding hydrogens is 509 g/mol. The molecule has 1 fully saturated rings. The quantitative estimate of drug-likeness (QED) is 0.198. The Labute approximate surface area is 224 Å². The van der Waals surface area contributed by atoms with Crippen molar-refractivity contribution in [3.63, 3.8) is 0 Å². The van der Waals surface area contributed by atoms with Gasteiger partial charge in [0.15, 0.2) is 22.6 Å². The highest BCUT2D eigenvalue weighted by molar-refractivity contribution is 5.81. The summed E-state index contributed by atoms with van der Waals surface area (Å²) in [5, 5.41) is 10.2. The molecule has 3 heterocycles. The number of fused-ring (bicyclic) bond motifs is 1. The van der Waals surface area contributed by atoms with Crippen LogP contribution in [-0.2, 0) is 24.5 Å². The highest BCUT2D eigenvalue weighted by Crippen LogP contribution is 2.42. The fourth-order valence-corrected chi connectivity index (χ4v) is 5.17. The molecule has 1 aromatic carbocycles. The lowest BCUT2D eigenvalue weighted by atomic mass is 9.78. The minimum absolute atomic E-state index is 0.0240. The number of imidazole rings is 1. The van der Waals surface area contributed by atoms with Crippen molar-refractivity contribution in [2.24, 2.45) is 0 Å². The maximum atomic E-state index is 13.9. The number of hydrogen-bond acceptors (Lipinski definition) is 10. The van der Waals surface area contributed by atoms with Gasteiger partial charge in [-0.05, 0) is 31.0 Å². The Hall–Kier alpha value is -4.08. The number of rotatable bonds is 7. The first-order chi connectivity index (χ1) is 18.3. The van der Waals surface area contributed by atoms with Crippen LogP contribution in [0.15, 0.2) is 18.5 Å². The van der Waals surface area contributed by atoms with Crippen LogP contribution in [0.3, 0.4) is 0 Å². The van der Waals surface area contributed by atoms with Gasteiger partial charge in [0.25, 0.3) is 0 Å². The predicted molar refractivity (Wildman–Crippen MR) is 138 cm³/mol. The molecular formula is C27H30FN5O6. The first-order valence-electron chi connectivity index (χ1n) is 12.2. The molecule has 0 unspecified atom stereocenters. The standard InChI is InChI=1S/C27H30FN5O6/c1-7-27(12-34)18(10-19(39-27)33-13-30-22-23(29)31-25(28)32-24(22)33)38-20(36)11-26(5,6)21-15(3)8-14(2)9-17(21)37-16(4)35/h1,8-9,13,18-19,34H,10-12H2,2-6H3,(H2,29,31,32)/t18-,19+,27+/m0/s1. The number of aryl methyl sites for hydroxylation is 2. The number of carbonyl (C=O) groups excluding carboxylic acids is 2. The van der Waals surface area contributed by atoms with Crippen molar-refractivity contribution < 1.29 is 33.3 Å². The van der Waals surface area contributed by atoms with Crippen molar-refractivity contribution >= 4 is 28.9 Å². The van der Waals surface area contributed by atoms with E-state index in [-0.39, 0.29) is 29.8 Å². The molecule has 11 nitrogen and oxygen atoms in total. The number of halogens is 1. The van der Waals surface area contributed by atoms with Gasteiger partial charge in [-0.3, -0.25) is 14.2 Å². The van der Waals surface area contributed by atoms with E-state index in [1.165, 1.54) is 17.8 Å². The van der Waals surface area contributed by atoms with Crippen molar-refractivity contribution in [1.82, 2.24) is 19.5 Å². The van der Waals surface area contributed by atoms with E-state index in [2.05, 4.69) is 20.9 Å². The predicted octanol–water partition coefficient (Wildman–Crippen LogP) is 2.65. The van der Waals surface area contributed by atoms with Gasteiger partial charge in [-0.15, -0.1) is 6.42 Å². The minimum atomic E-state index is -1.67. The van der Waals surface area contributed by atoms with E-state index in [0.29, 0.717) is 11.3 Å². The third-order valence-corrected chi connectivity index (χ3v) is 6.73. The number of terminal acetylenes is 1. The second-order valence-electron chi connectivity index (χ2n) is 10.3. The maximum absolute atomic E-state index is 13.9. The highest BCUT2D eigenvalue weighted by Gasteiger charge is 2.51. The highest BCUT2D eigenvalue weighted by atomic mass is 19.1. The molecule has 3 aromatic rings. The SMILES string of the molecule is C#C[C@]1(CO)O[C@@H](n2cnc3c(N)nc(F)nc32)C[C@@H]1OC(=O)CC(C)(C)c1c(C)cc(C)cc1OC(C)=O. The van der Waals surface area contributed by atoms with Gasteiger partial charge in [0.1, 0.15) is 18.1 Å². The van der Waals surface area contributed by atoms with Crippen LogP contribution in [0.1, 0.15) is 56.5 Å². The van der Waals surface area contributed by atoms with E-state index in [1.807, 2.05) is 33.8 Å². The molecule has 0 saturated carbocycles. The Morgan fingerprint density at radius 2 is 2.08 bits per heavy atom. The second kappa shape index (κ2) is 10.2. The van der Waals surface area contributed by atoms with Crippen LogP contribution < -0.4 is 10.5 Å². The van der Waals surface area contributed by atoms with Gasteiger partial charge in [0.05, 0.1) is 19.4 Å². The van der Waals surface area contributed by atoms with Gasteiger partial charge in [-0.25, -0.2) is 4.98 Å². The number of esters is 2. The summed E-state index contributed by atoms with van der Waals surface area (Å²) in [5.41, 5.74) is 5.95. The van der Waals surface area contributed by atoms with Crippen LogP contribution in [0.5, 0.6) is 5.75 Å². The largest absolute Gasteiger partial charge is 0.458 e. The zero-order chi connectivity index (χ0) is 28.7. The van der Waals surface area contributed by atoms with Crippen molar-refractivity contribution in [1.29, 1.82) is 0 Å². The van der Waals surface area contributed by atoms with E-state index in [9.17, 15) is 19.1 Å². The summed E-state index contributed by atoms with van der Waals surface area (Å²) in [6, 6.07) is 3.68. The lowest BCUT2D eigenvalue weighted by molar-refractivity contribution is -0.160. The average Bonchev–Trinajstić information content (AvgIpc) is 3.39. The van der Waals surface area contributed by atoms with Crippen molar-refractivity contribution in [2.75, 3.05) is 12.3 Å². The summed E-state index contributed by atoms with van der Waals surface area (Å²) in [5.74, 6) is 1.55. The van der Waals surface area contributed by atoms with Crippen LogP contribution in [0.2, 0.25) is 0 Å². The van der Waals surface area contributed by atoms with Crippen LogP contribution in [0, 0.1) is 32.3 Å². The molecule has 0 amide bonds. The van der Waals surface area contributed by atoms with Gasteiger partial charge in [-0.2, -0.15) is 14.4 Å². The molecule has 1 aliphatic rings. The summed E-state index contributed by atoms with van der Waals surface area (Å²) in [7, 11) is 0. The fraction of sp³-hybridized carbons (Fsp3) is 0.444. The van der Waals surface area contributed by atoms with E-state index >= 15 is 0 Å².